The number of anilines is 1. The highest BCUT2D eigenvalue weighted by Gasteiger charge is 2.19. The van der Waals surface area contributed by atoms with Crippen molar-refractivity contribution in [3.05, 3.63) is 53.5 Å². The third-order valence-electron chi connectivity index (χ3n) is 4.12. The predicted octanol–water partition coefficient (Wildman–Crippen LogP) is 0.777. The number of rotatable bonds is 4. The fourth-order valence-corrected chi connectivity index (χ4v) is 2.80. The monoisotopic (exact) mass is 381 g/mol. The molecule has 28 heavy (non-hydrogen) atoms. The van der Waals surface area contributed by atoms with E-state index in [-0.39, 0.29) is 30.4 Å². The maximum Gasteiger partial charge on any atom is 0.356 e. The third-order valence-corrected chi connectivity index (χ3v) is 4.12. The summed E-state index contributed by atoms with van der Waals surface area (Å²) in [6, 6.07) is 8.14. The summed E-state index contributed by atoms with van der Waals surface area (Å²) in [4.78, 5) is 40.0. The summed E-state index contributed by atoms with van der Waals surface area (Å²) < 4.78 is 11.3. The Hall–Kier alpha value is -3.95. The standard InChI is InChI=1S/C18H15N5O5/c1-27-18(26)12-7-13(23-15(21-12)4-5-20-23)17(25)19-8-10-2-3-14-11(6-10)22-16(24)9-28-14/h2-7H,8-9H2,1H3,(H,19,25)(H,22,24). The van der Waals surface area contributed by atoms with Crippen LogP contribution in [0.15, 0.2) is 36.5 Å². The number of benzene rings is 1. The molecular formula is C18H15N5O5. The van der Waals surface area contributed by atoms with Gasteiger partial charge in [0.1, 0.15) is 11.4 Å². The van der Waals surface area contributed by atoms with E-state index in [1.54, 1.807) is 24.3 Å². The molecule has 0 aliphatic carbocycles. The predicted molar refractivity (Wildman–Crippen MR) is 96.1 cm³/mol. The Kier molecular flexibility index (Phi) is 4.36. The van der Waals surface area contributed by atoms with E-state index in [9.17, 15) is 14.4 Å². The minimum atomic E-state index is -0.650. The number of aromatic nitrogens is 3. The van der Waals surface area contributed by atoms with Crippen LogP contribution in [0.1, 0.15) is 26.5 Å². The van der Waals surface area contributed by atoms with Crippen LogP contribution < -0.4 is 15.4 Å². The summed E-state index contributed by atoms with van der Waals surface area (Å²) in [5.41, 5.74) is 1.81. The normalized spacial score (nSPS) is 12.7. The van der Waals surface area contributed by atoms with Crippen LogP contribution in [0, 0.1) is 0 Å². The van der Waals surface area contributed by atoms with Gasteiger partial charge in [-0.05, 0) is 17.7 Å². The number of carbonyl (C=O) groups is 3. The highest BCUT2D eigenvalue weighted by atomic mass is 16.5. The Bertz CT molecular complexity index is 1110. The molecule has 1 aliphatic heterocycles. The van der Waals surface area contributed by atoms with E-state index in [0.29, 0.717) is 17.1 Å². The molecule has 3 heterocycles. The summed E-state index contributed by atoms with van der Waals surface area (Å²) in [6.07, 6.45) is 1.48. The molecular weight excluding hydrogens is 366 g/mol. The zero-order chi connectivity index (χ0) is 19.7. The summed E-state index contributed by atoms with van der Waals surface area (Å²) in [5.74, 6) is -0.755. The van der Waals surface area contributed by atoms with Crippen LogP contribution in [0.25, 0.3) is 5.65 Å². The number of ether oxygens (including phenoxy) is 2. The highest BCUT2D eigenvalue weighted by Crippen LogP contribution is 2.28. The number of fused-ring (bicyclic) bond motifs is 2. The Balaban J connectivity index is 1.56. The molecule has 0 bridgehead atoms. The molecule has 2 N–H and O–H groups in total. The van der Waals surface area contributed by atoms with Crippen molar-refractivity contribution >= 4 is 29.1 Å². The van der Waals surface area contributed by atoms with Gasteiger partial charge < -0.3 is 20.1 Å². The van der Waals surface area contributed by atoms with E-state index in [4.69, 9.17) is 4.74 Å². The molecule has 0 radical (unpaired) electrons. The number of carbonyl (C=O) groups excluding carboxylic acids is 3. The molecule has 0 saturated carbocycles. The van der Waals surface area contributed by atoms with Gasteiger partial charge in [0, 0.05) is 18.7 Å². The van der Waals surface area contributed by atoms with E-state index in [1.807, 2.05) is 0 Å². The van der Waals surface area contributed by atoms with E-state index >= 15 is 0 Å². The molecule has 142 valence electrons. The molecule has 3 aromatic rings. The Morgan fingerprint density at radius 3 is 3.00 bits per heavy atom. The van der Waals surface area contributed by atoms with E-state index in [2.05, 4.69) is 25.5 Å². The van der Waals surface area contributed by atoms with Gasteiger partial charge in [-0.3, -0.25) is 9.59 Å². The van der Waals surface area contributed by atoms with Gasteiger partial charge in [-0.2, -0.15) is 5.10 Å². The van der Waals surface area contributed by atoms with Crippen molar-refractivity contribution < 1.29 is 23.9 Å². The third kappa shape index (κ3) is 3.22. The fraction of sp³-hybridized carbons (Fsp3) is 0.167. The van der Waals surface area contributed by atoms with Gasteiger partial charge in [-0.25, -0.2) is 14.3 Å². The molecule has 2 aromatic heterocycles. The lowest BCUT2D eigenvalue weighted by atomic mass is 10.1. The molecule has 1 aromatic carbocycles. The van der Waals surface area contributed by atoms with Crippen LogP contribution in [-0.2, 0) is 16.1 Å². The van der Waals surface area contributed by atoms with Crippen LogP contribution in [0.3, 0.4) is 0 Å². The van der Waals surface area contributed by atoms with Gasteiger partial charge in [0.15, 0.2) is 17.9 Å². The molecule has 0 unspecified atom stereocenters. The molecule has 10 heteroatoms. The minimum absolute atomic E-state index is 0.00860. The van der Waals surface area contributed by atoms with Crippen LogP contribution in [0.5, 0.6) is 5.75 Å². The lowest BCUT2D eigenvalue weighted by Gasteiger charge is -2.18. The van der Waals surface area contributed by atoms with Gasteiger partial charge in [-0.1, -0.05) is 6.07 Å². The summed E-state index contributed by atoms with van der Waals surface area (Å²) in [5, 5.41) is 9.55. The first kappa shape index (κ1) is 17.5. The second-order valence-corrected chi connectivity index (χ2v) is 5.97. The second-order valence-electron chi connectivity index (χ2n) is 5.97. The molecule has 0 saturated heterocycles. The van der Waals surface area contributed by atoms with Crippen molar-refractivity contribution in [3.8, 4) is 5.75 Å². The zero-order valence-corrected chi connectivity index (χ0v) is 14.8. The van der Waals surface area contributed by atoms with Crippen molar-refractivity contribution in [2.24, 2.45) is 0 Å². The molecule has 0 spiro atoms. The maximum absolute atomic E-state index is 12.7. The molecule has 10 nitrogen and oxygen atoms in total. The van der Waals surface area contributed by atoms with Crippen LogP contribution >= 0.6 is 0 Å². The first-order valence-corrected chi connectivity index (χ1v) is 8.32. The van der Waals surface area contributed by atoms with Crippen LogP contribution in [0.4, 0.5) is 5.69 Å². The number of hydrogen-bond acceptors (Lipinski definition) is 7. The number of nitrogens with one attached hydrogen (secondary N) is 2. The van der Waals surface area contributed by atoms with Crippen molar-refractivity contribution in [2.75, 3.05) is 19.0 Å². The average molecular weight is 381 g/mol. The molecule has 4 rings (SSSR count). The summed E-state index contributed by atoms with van der Waals surface area (Å²) in [7, 11) is 1.24. The van der Waals surface area contributed by atoms with Crippen molar-refractivity contribution in [3.63, 3.8) is 0 Å². The quantitative estimate of drug-likeness (QED) is 0.640. The van der Waals surface area contributed by atoms with Crippen molar-refractivity contribution in [1.29, 1.82) is 0 Å². The van der Waals surface area contributed by atoms with E-state index in [1.165, 1.54) is 23.9 Å². The lowest BCUT2D eigenvalue weighted by Crippen LogP contribution is -2.27. The fourth-order valence-electron chi connectivity index (χ4n) is 2.80. The molecule has 0 atom stereocenters. The summed E-state index contributed by atoms with van der Waals surface area (Å²) in [6.45, 7) is 0.175. The van der Waals surface area contributed by atoms with Crippen LogP contribution in [-0.4, -0.2) is 46.1 Å². The Labute approximate surface area is 158 Å². The largest absolute Gasteiger partial charge is 0.482 e. The zero-order valence-electron chi connectivity index (χ0n) is 14.8. The molecule has 2 amide bonds. The topological polar surface area (TPSA) is 124 Å². The Morgan fingerprint density at radius 2 is 2.18 bits per heavy atom. The smallest absolute Gasteiger partial charge is 0.356 e. The van der Waals surface area contributed by atoms with Gasteiger partial charge in [0.2, 0.25) is 0 Å². The lowest BCUT2D eigenvalue weighted by molar-refractivity contribution is -0.118. The first-order valence-electron chi connectivity index (χ1n) is 8.32. The maximum atomic E-state index is 12.7. The molecule has 1 aliphatic rings. The number of esters is 1. The van der Waals surface area contributed by atoms with Gasteiger partial charge in [0.25, 0.3) is 11.8 Å². The second kappa shape index (κ2) is 6.99. The average Bonchev–Trinajstić information content (AvgIpc) is 3.19. The molecule has 0 fully saturated rings. The van der Waals surface area contributed by atoms with Gasteiger partial charge in [-0.15, -0.1) is 0 Å². The number of nitrogens with zero attached hydrogens (tertiary/aromatic N) is 3. The Morgan fingerprint density at radius 1 is 1.32 bits per heavy atom. The number of methoxy groups -OCH3 is 1. The first-order chi connectivity index (χ1) is 13.5. The van der Waals surface area contributed by atoms with Crippen molar-refractivity contribution in [1.82, 2.24) is 19.9 Å². The number of hydrogen-bond donors (Lipinski definition) is 2. The van der Waals surface area contributed by atoms with E-state index in [0.717, 1.165) is 5.56 Å². The highest BCUT2D eigenvalue weighted by molar-refractivity contribution is 5.97. The van der Waals surface area contributed by atoms with Gasteiger partial charge >= 0.3 is 5.97 Å². The van der Waals surface area contributed by atoms with E-state index < -0.39 is 11.9 Å². The minimum Gasteiger partial charge on any atom is -0.482 e. The van der Waals surface area contributed by atoms with Gasteiger partial charge in [0.05, 0.1) is 19.0 Å². The summed E-state index contributed by atoms with van der Waals surface area (Å²) >= 11 is 0. The number of amides is 2. The van der Waals surface area contributed by atoms with Crippen LogP contribution in [0.2, 0.25) is 0 Å². The van der Waals surface area contributed by atoms with Crippen molar-refractivity contribution in [2.45, 2.75) is 6.54 Å². The SMILES string of the molecule is COC(=O)c1cc(C(=O)NCc2ccc3c(c2)NC(=O)CO3)n2nccc2n1.